The fraction of sp³-hybridized carbons (Fsp3) is 0.381. The quantitative estimate of drug-likeness (QED) is 0.763. The molecule has 1 aromatic heterocycles. The summed E-state index contributed by atoms with van der Waals surface area (Å²) in [4.78, 5) is 39.7. The number of ether oxygens (including phenoxy) is 1. The van der Waals surface area contributed by atoms with Crippen LogP contribution in [0.5, 0.6) is 5.75 Å². The van der Waals surface area contributed by atoms with E-state index in [2.05, 4.69) is 5.32 Å². The van der Waals surface area contributed by atoms with E-state index in [9.17, 15) is 28.3 Å². The van der Waals surface area contributed by atoms with Crippen molar-refractivity contribution in [1.82, 2.24) is 14.8 Å². The first-order chi connectivity index (χ1) is 14.8. The molecule has 1 aromatic carbocycles. The van der Waals surface area contributed by atoms with Crippen molar-refractivity contribution in [3.8, 4) is 5.75 Å². The summed E-state index contributed by atoms with van der Waals surface area (Å²) >= 11 is 0. The topological polar surface area (TPSA) is 101 Å². The number of nitrogens with one attached hydrogen (secondary N) is 1. The Labute approximate surface area is 176 Å². The molecule has 2 aliphatic rings. The highest BCUT2D eigenvalue weighted by atomic mass is 19.1. The minimum absolute atomic E-state index is 0.0391. The molecule has 10 heteroatoms. The number of fused-ring (bicyclic) bond motifs is 4. The zero-order valence-corrected chi connectivity index (χ0v) is 16.7. The molecule has 0 aliphatic carbocycles. The molecule has 2 amide bonds. The number of aromatic nitrogens is 1. The second-order valence-electron chi connectivity index (χ2n) is 7.69. The summed E-state index contributed by atoms with van der Waals surface area (Å²) in [5.41, 5.74) is -1.46. The van der Waals surface area contributed by atoms with Crippen LogP contribution >= 0.6 is 0 Å². The molecule has 1 fully saturated rings. The zero-order valence-electron chi connectivity index (χ0n) is 16.7. The molecule has 0 saturated carbocycles. The SMILES string of the molecule is COC1CCC2CN(C1)C(=O)c1c(O)c(=O)c(C(=O)NCc3ccc(F)cc3F)cn12. The Morgan fingerprint density at radius 1 is 1.26 bits per heavy atom. The number of hydrogen-bond acceptors (Lipinski definition) is 5. The first-order valence-electron chi connectivity index (χ1n) is 9.82. The summed E-state index contributed by atoms with van der Waals surface area (Å²) in [5.74, 6) is -3.71. The van der Waals surface area contributed by atoms with Gasteiger partial charge in [0.15, 0.2) is 11.4 Å². The van der Waals surface area contributed by atoms with E-state index < -0.39 is 34.6 Å². The molecule has 8 nitrogen and oxygen atoms in total. The largest absolute Gasteiger partial charge is 0.503 e. The number of benzene rings is 1. The van der Waals surface area contributed by atoms with Crippen LogP contribution < -0.4 is 10.7 Å². The van der Waals surface area contributed by atoms with E-state index in [0.29, 0.717) is 32.0 Å². The number of amides is 2. The Balaban J connectivity index is 1.65. The van der Waals surface area contributed by atoms with Crippen LogP contribution in [0, 0.1) is 11.6 Å². The lowest BCUT2D eigenvalue weighted by atomic mass is 10.1. The van der Waals surface area contributed by atoms with E-state index in [1.54, 1.807) is 7.11 Å². The number of hydrogen-bond donors (Lipinski definition) is 2. The van der Waals surface area contributed by atoms with E-state index in [1.807, 2.05) is 0 Å². The molecule has 31 heavy (non-hydrogen) atoms. The van der Waals surface area contributed by atoms with E-state index in [1.165, 1.54) is 21.7 Å². The third kappa shape index (κ3) is 3.78. The monoisotopic (exact) mass is 433 g/mol. The van der Waals surface area contributed by atoms with Gasteiger partial charge in [0, 0.05) is 44.6 Å². The van der Waals surface area contributed by atoms with Gasteiger partial charge in [-0.2, -0.15) is 0 Å². The van der Waals surface area contributed by atoms with Crippen LogP contribution in [0.3, 0.4) is 0 Å². The van der Waals surface area contributed by atoms with Crippen molar-refractivity contribution >= 4 is 11.8 Å². The number of carbonyl (C=O) groups excluding carboxylic acids is 2. The van der Waals surface area contributed by atoms with Crippen LogP contribution in [0.2, 0.25) is 0 Å². The average molecular weight is 433 g/mol. The lowest BCUT2D eigenvalue weighted by Gasteiger charge is -2.34. The van der Waals surface area contributed by atoms with Crippen molar-refractivity contribution in [2.45, 2.75) is 31.5 Å². The number of rotatable bonds is 4. The molecule has 4 rings (SSSR count). The summed E-state index contributed by atoms with van der Waals surface area (Å²) in [6.07, 6.45) is 2.40. The number of pyridine rings is 1. The molecule has 2 N–H and O–H groups in total. The smallest absolute Gasteiger partial charge is 0.274 e. The third-order valence-electron chi connectivity index (χ3n) is 5.80. The van der Waals surface area contributed by atoms with Gasteiger partial charge in [0.05, 0.1) is 12.1 Å². The second-order valence-corrected chi connectivity index (χ2v) is 7.69. The highest BCUT2D eigenvalue weighted by molar-refractivity contribution is 5.99. The summed E-state index contributed by atoms with van der Waals surface area (Å²) in [7, 11) is 1.56. The zero-order chi connectivity index (χ0) is 22.3. The van der Waals surface area contributed by atoms with Crippen molar-refractivity contribution in [3.05, 3.63) is 63.1 Å². The van der Waals surface area contributed by atoms with Crippen LogP contribution in [0.25, 0.3) is 0 Å². The highest BCUT2D eigenvalue weighted by Gasteiger charge is 2.38. The van der Waals surface area contributed by atoms with Gasteiger partial charge < -0.3 is 24.6 Å². The van der Waals surface area contributed by atoms with E-state index in [4.69, 9.17) is 4.74 Å². The standard InChI is InChI=1S/C21H21F2N3O5/c1-31-14-5-4-13-8-25(9-14)21(30)17-19(28)18(27)15(10-26(13)17)20(29)24-7-11-2-3-12(22)6-16(11)23/h2-3,6,10,13-14,28H,4-5,7-9H2,1H3,(H,24,29). The van der Waals surface area contributed by atoms with E-state index >= 15 is 0 Å². The number of carbonyl (C=O) groups is 2. The van der Waals surface area contributed by atoms with E-state index in [-0.39, 0.29) is 35.5 Å². The molecule has 3 heterocycles. The van der Waals surface area contributed by atoms with Gasteiger partial charge >= 0.3 is 0 Å². The van der Waals surface area contributed by atoms with Gasteiger partial charge in [-0.15, -0.1) is 0 Å². The molecule has 0 spiro atoms. The Hall–Kier alpha value is -3.27. The van der Waals surface area contributed by atoms with Gasteiger partial charge in [-0.05, 0) is 18.9 Å². The van der Waals surface area contributed by atoms with Crippen LogP contribution in [0.4, 0.5) is 8.78 Å². The minimum atomic E-state index is -0.986. The summed E-state index contributed by atoms with van der Waals surface area (Å²) < 4.78 is 33.7. The van der Waals surface area contributed by atoms with Gasteiger partial charge in [-0.1, -0.05) is 6.07 Å². The van der Waals surface area contributed by atoms with Gasteiger partial charge in [0.25, 0.3) is 11.8 Å². The molecule has 164 valence electrons. The van der Waals surface area contributed by atoms with Crippen molar-refractivity contribution in [2.24, 2.45) is 0 Å². The predicted molar refractivity (Wildman–Crippen MR) is 105 cm³/mol. The van der Waals surface area contributed by atoms with Gasteiger partial charge in [0.2, 0.25) is 5.43 Å². The Kier molecular flexibility index (Phi) is 5.48. The fourth-order valence-corrected chi connectivity index (χ4v) is 4.09. The maximum atomic E-state index is 13.8. The van der Waals surface area contributed by atoms with Crippen molar-refractivity contribution in [2.75, 3.05) is 20.2 Å². The van der Waals surface area contributed by atoms with Gasteiger partial charge in [-0.3, -0.25) is 14.4 Å². The fourth-order valence-electron chi connectivity index (χ4n) is 4.09. The average Bonchev–Trinajstić information content (AvgIpc) is 2.94. The first kappa shape index (κ1) is 21.0. The number of methoxy groups -OCH3 is 1. The summed E-state index contributed by atoms with van der Waals surface area (Å²) in [5, 5.41) is 12.9. The molecular weight excluding hydrogens is 412 g/mol. The minimum Gasteiger partial charge on any atom is -0.503 e. The van der Waals surface area contributed by atoms with Gasteiger partial charge in [0.1, 0.15) is 17.2 Å². The second kappa shape index (κ2) is 8.10. The lowest BCUT2D eigenvalue weighted by molar-refractivity contribution is 0.0481. The molecule has 2 aliphatic heterocycles. The molecule has 0 radical (unpaired) electrons. The van der Waals surface area contributed by atoms with Gasteiger partial charge in [-0.25, -0.2) is 8.78 Å². The number of nitrogens with zero attached hydrogens (tertiary/aromatic N) is 2. The Morgan fingerprint density at radius 3 is 2.74 bits per heavy atom. The van der Waals surface area contributed by atoms with Crippen LogP contribution in [0.15, 0.2) is 29.2 Å². The summed E-state index contributed by atoms with van der Waals surface area (Å²) in [6.45, 7) is 0.444. The molecule has 2 aromatic rings. The number of halogens is 2. The predicted octanol–water partition coefficient (Wildman–Crippen LogP) is 1.57. The molecule has 1 saturated heterocycles. The third-order valence-corrected chi connectivity index (χ3v) is 5.80. The van der Waals surface area contributed by atoms with Crippen molar-refractivity contribution in [1.29, 1.82) is 0 Å². The maximum absolute atomic E-state index is 13.8. The van der Waals surface area contributed by atoms with E-state index in [0.717, 1.165) is 6.07 Å². The number of aromatic hydroxyl groups is 1. The summed E-state index contributed by atoms with van der Waals surface area (Å²) in [6, 6.07) is 2.70. The molecule has 2 unspecified atom stereocenters. The lowest BCUT2D eigenvalue weighted by Crippen LogP contribution is -2.45. The molecular formula is C21H21F2N3O5. The van der Waals surface area contributed by atoms with Crippen LogP contribution in [-0.2, 0) is 11.3 Å². The Morgan fingerprint density at radius 2 is 2.03 bits per heavy atom. The van der Waals surface area contributed by atoms with Crippen molar-refractivity contribution < 1.29 is 28.2 Å². The first-order valence-corrected chi connectivity index (χ1v) is 9.82. The normalized spacial score (nSPS) is 20.2. The molecule has 2 atom stereocenters. The highest BCUT2D eigenvalue weighted by Crippen LogP contribution is 2.32. The maximum Gasteiger partial charge on any atom is 0.274 e. The Bertz CT molecular complexity index is 1120. The van der Waals surface area contributed by atoms with Crippen molar-refractivity contribution in [3.63, 3.8) is 0 Å². The van der Waals surface area contributed by atoms with Crippen LogP contribution in [0.1, 0.15) is 45.3 Å². The molecule has 2 bridgehead atoms. The van der Waals surface area contributed by atoms with Crippen LogP contribution in [-0.4, -0.2) is 52.7 Å².